The standard InChI is InChI=1S/C16H18FNOS/c1-18-10-12-3-6-14(7-4-12)20-11-13-5-8-16(19-2)15(17)9-13/h3-9,18H,10-11H2,1-2H3. The van der Waals surface area contributed by atoms with E-state index in [1.54, 1.807) is 17.8 Å². The van der Waals surface area contributed by atoms with Crippen molar-refractivity contribution in [2.75, 3.05) is 14.2 Å². The zero-order valence-corrected chi connectivity index (χ0v) is 12.5. The Morgan fingerprint density at radius 2 is 1.80 bits per heavy atom. The molecular weight excluding hydrogens is 273 g/mol. The predicted octanol–water partition coefficient (Wildman–Crippen LogP) is 3.85. The van der Waals surface area contributed by atoms with Crippen LogP contribution < -0.4 is 10.1 Å². The molecule has 0 bridgehead atoms. The first-order valence-electron chi connectivity index (χ1n) is 6.41. The van der Waals surface area contributed by atoms with Crippen molar-refractivity contribution in [1.29, 1.82) is 0 Å². The molecule has 0 aliphatic rings. The van der Waals surface area contributed by atoms with E-state index in [2.05, 4.69) is 29.6 Å². The molecule has 0 aromatic heterocycles. The molecule has 4 heteroatoms. The molecule has 0 atom stereocenters. The quantitative estimate of drug-likeness (QED) is 0.817. The van der Waals surface area contributed by atoms with Crippen molar-refractivity contribution in [2.45, 2.75) is 17.2 Å². The van der Waals surface area contributed by atoms with Gasteiger partial charge in [-0.15, -0.1) is 11.8 Å². The molecule has 0 aliphatic heterocycles. The van der Waals surface area contributed by atoms with Crippen LogP contribution in [0.1, 0.15) is 11.1 Å². The van der Waals surface area contributed by atoms with E-state index in [-0.39, 0.29) is 11.6 Å². The zero-order chi connectivity index (χ0) is 14.4. The summed E-state index contributed by atoms with van der Waals surface area (Å²) in [6, 6.07) is 13.5. The second kappa shape index (κ2) is 7.31. The van der Waals surface area contributed by atoms with Gasteiger partial charge in [0.15, 0.2) is 11.6 Å². The molecule has 0 radical (unpaired) electrons. The van der Waals surface area contributed by atoms with Crippen molar-refractivity contribution in [2.24, 2.45) is 0 Å². The highest BCUT2D eigenvalue weighted by molar-refractivity contribution is 7.98. The first kappa shape index (κ1) is 14.9. The van der Waals surface area contributed by atoms with Crippen LogP contribution in [0.2, 0.25) is 0 Å². The van der Waals surface area contributed by atoms with Crippen LogP contribution in [0.4, 0.5) is 4.39 Å². The number of hydrogen-bond donors (Lipinski definition) is 1. The van der Waals surface area contributed by atoms with Crippen LogP contribution in [0.15, 0.2) is 47.4 Å². The van der Waals surface area contributed by atoms with Gasteiger partial charge in [-0.05, 0) is 42.4 Å². The van der Waals surface area contributed by atoms with E-state index in [1.807, 2.05) is 13.1 Å². The maximum Gasteiger partial charge on any atom is 0.165 e. The van der Waals surface area contributed by atoms with E-state index in [9.17, 15) is 4.39 Å². The Morgan fingerprint density at radius 3 is 2.40 bits per heavy atom. The number of hydrogen-bond acceptors (Lipinski definition) is 3. The monoisotopic (exact) mass is 291 g/mol. The Kier molecular flexibility index (Phi) is 5.44. The molecule has 2 nitrogen and oxygen atoms in total. The molecule has 2 rings (SSSR count). The van der Waals surface area contributed by atoms with Crippen LogP contribution in [-0.2, 0) is 12.3 Å². The lowest BCUT2D eigenvalue weighted by Gasteiger charge is -2.06. The highest BCUT2D eigenvalue weighted by atomic mass is 32.2. The van der Waals surface area contributed by atoms with Crippen LogP contribution in [0.25, 0.3) is 0 Å². The molecule has 2 aromatic carbocycles. The van der Waals surface area contributed by atoms with E-state index in [1.165, 1.54) is 23.6 Å². The van der Waals surface area contributed by atoms with Crippen molar-refractivity contribution >= 4 is 11.8 Å². The van der Waals surface area contributed by atoms with E-state index in [4.69, 9.17) is 4.74 Å². The molecular formula is C16H18FNOS. The Morgan fingerprint density at radius 1 is 1.10 bits per heavy atom. The predicted molar refractivity (Wildman–Crippen MR) is 81.7 cm³/mol. The number of ether oxygens (including phenoxy) is 1. The second-order valence-corrected chi connectivity index (χ2v) is 5.48. The van der Waals surface area contributed by atoms with Crippen LogP contribution in [0.5, 0.6) is 5.75 Å². The lowest BCUT2D eigenvalue weighted by atomic mass is 10.2. The maximum atomic E-state index is 13.6. The average molecular weight is 291 g/mol. The Balaban J connectivity index is 1.96. The molecule has 0 heterocycles. The van der Waals surface area contributed by atoms with E-state index >= 15 is 0 Å². The SMILES string of the molecule is CNCc1ccc(SCc2ccc(OC)c(F)c2)cc1. The van der Waals surface area contributed by atoms with Gasteiger partial charge in [0.2, 0.25) is 0 Å². The molecule has 0 fully saturated rings. The molecule has 0 unspecified atom stereocenters. The van der Waals surface area contributed by atoms with E-state index in [0.717, 1.165) is 17.9 Å². The van der Waals surface area contributed by atoms with Crippen LogP contribution in [0, 0.1) is 5.82 Å². The van der Waals surface area contributed by atoms with Gasteiger partial charge in [-0.1, -0.05) is 18.2 Å². The molecule has 0 aliphatic carbocycles. The minimum atomic E-state index is -0.310. The third-order valence-electron chi connectivity index (χ3n) is 2.93. The third-order valence-corrected chi connectivity index (χ3v) is 4.01. The van der Waals surface area contributed by atoms with Crippen molar-refractivity contribution in [1.82, 2.24) is 5.32 Å². The van der Waals surface area contributed by atoms with Gasteiger partial charge in [-0.3, -0.25) is 0 Å². The lowest BCUT2D eigenvalue weighted by molar-refractivity contribution is 0.386. The Labute approximate surface area is 123 Å². The highest BCUT2D eigenvalue weighted by Gasteiger charge is 2.04. The molecule has 0 saturated carbocycles. The summed E-state index contributed by atoms with van der Waals surface area (Å²) in [5.74, 6) is 0.719. The van der Waals surface area contributed by atoms with Gasteiger partial charge in [0.25, 0.3) is 0 Å². The summed E-state index contributed by atoms with van der Waals surface area (Å²) < 4.78 is 18.5. The van der Waals surface area contributed by atoms with Crippen molar-refractivity contribution < 1.29 is 9.13 Å². The van der Waals surface area contributed by atoms with Gasteiger partial charge in [0.1, 0.15) is 0 Å². The number of rotatable bonds is 6. The number of nitrogens with one attached hydrogen (secondary N) is 1. The first-order valence-corrected chi connectivity index (χ1v) is 7.40. The van der Waals surface area contributed by atoms with E-state index < -0.39 is 0 Å². The second-order valence-electron chi connectivity index (χ2n) is 4.43. The Hall–Kier alpha value is -1.52. The summed E-state index contributed by atoms with van der Waals surface area (Å²) in [6.45, 7) is 0.870. The van der Waals surface area contributed by atoms with Crippen molar-refractivity contribution in [3.63, 3.8) is 0 Å². The fraction of sp³-hybridized carbons (Fsp3) is 0.250. The molecule has 0 spiro atoms. The number of halogens is 1. The van der Waals surface area contributed by atoms with Crippen LogP contribution in [0.3, 0.4) is 0 Å². The van der Waals surface area contributed by atoms with E-state index in [0.29, 0.717) is 0 Å². The van der Waals surface area contributed by atoms with Gasteiger partial charge in [-0.2, -0.15) is 0 Å². The largest absolute Gasteiger partial charge is 0.494 e. The number of methoxy groups -OCH3 is 1. The molecule has 20 heavy (non-hydrogen) atoms. The summed E-state index contributed by atoms with van der Waals surface area (Å²) in [7, 11) is 3.40. The van der Waals surface area contributed by atoms with Gasteiger partial charge >= 0.3 is 0 Å². The van der Waals surface area contributed by atoms with Gasteiger partial charge in [-0.25, -0.2) is 4.39 Å². The van der Waals surface area contributed by atoms with Gasteiger partial charge in [0, 0.05) is 17.2 Å². The van der Waals surface area contributed by atoms with Crippen LogP contribution in [-0.4, -0.2) is 14.2 Å². The lowest BCUT2D eigenvalue weighted by Crippen LogP contribution is -2.04. The number of benzene rings is 2. The Bertz CT molecular complexity index is 557. The third kappa shape index (κ3) is 3.99. The number of thioether (sulfide) groups is 1. The summed E-state index contributed by atoms with van der Waals surface area (Å²) in [6.07, 6.45) is 0. The van der Waals surface area contributed by atoms with Crippen molar-refractivity contribution in [3.05, 3.63) is 59.4 Å². The molecule has 2 aromatic rings. The summed E-state index contributed by atoms with van der Waals surface area (Å²) in [5, 5.41) is 3.12. The fourth-order valence-electron chi connectivity index (χ4n) is 1.87. The molecule has 0 amide bonds. The van der Waals surface area contributed by atoms with Gasteiger partial charge < -0.3 is 10.1 Å². The fourth-order valence-corrected chi connectivity index (χ4v) is 2.72. The first-order chi connectivity index (χ1) is 9.72. The molecule has 0 saturated heterocycles. The van der Waals surface area contributed by atoms with Gasteiger partial charge in [0.05, 0.1) is 7.11 Å². The molecule has 1 N–H and O–H groups in total. The minimum absolute atomic E-state index is 0.287. The smallest absolute Gasteiger partial charge is 0.165 e. The zero-order valence-electron chi connectivity index (χ0n) is 11.7. The average Bonchev–Trinajstić information content (AvgIpc) is 2.47. The van der Waals surface area contributed by atoms with Crippen molar-refractivity contribution in [3.8, 4) is 5.75 Å². The van der Waals surface area contributed by atoms with Crippen LogP contribution >= 0.6 is 11.8 Å². The topological polar surface area (TPSA) is 21.3 Å². The summed E-state index contributed by atoms with van der Waals surface area (Å²) >= 11 is 1.69. The molecule has 106 valence electrons. The summed E-state index contributed by atoms with van der Waals surface area (Å²) in [5.41, 5.74) is 2.21. The highest BCUT2D eigenvalue weighted by Crippen LogP contribution is 2.25. The summed E-state index contributed by atoms with van der Waals surface area (Å²) in [4.78, 5) is 1.18. The minimum Gasteiger partial charge on any atom is -0.494 e. The maximum absolute atomic E-state index is 13.6. The normalized spacial score (nSPS) is 10.6.